The van der Waals surface area contributed by atoms with Gasteiger partial charge in [-0.2, -0.15) is 0 Å². The Kier molecular flexibility index (Phi) is 46.0. The Balaban J connectivity index is 0. The molecule has 0 radical (unpaired) electrons. The minimum absolute atomic E-state index is 0.300. The predicted molar refractivity (Wildman–Crippen MR) is 15.0 cm³/mol. The van der Waals surface area contributed by atoms with Gasteiger partial charge >= 0.3 is 35.3 Å². The summed E-state index contributed by atoms with van der Waals surface area (Å²) in [6.07, 6.45) is 0. The predicted octanol–water partition coefficient (Wildman–Crippen LogP) is -1.39. The molecule has 0 aromatic rings. The zero-order valence-electron chi connectivity index (χ0n) is 2.22. The van der Waals surface area contributed by atoms with Crippen molar-refractivity contribution in [2.75, 3.05) is 0 Å². The van der Waals surface area contributed by atoms with Crippen LogP contribution in [0.4, 0.5) is 0 Å². The Morgan fingerprint density at radius 1 is 1.20 bits per heavy atom. The molecule has 0 saturated heterocycles. The maximum absolute atomic E-state index is 8.40. The van der Waals surface area contributed by atoms with Gasteiger partial charge in [0.2, 0.25) is 0 Å². The second-order valence-corrected chi connectivity index (χ2v) is 0.250. The van der Waals surface area contributed by atoms with E-state index in [0.717, 1.165) is 0 Å². The van der Waals surface area contributed by atoms with Gasteiger partial charge in [-0.05, 0) is 0 Å². The van der Waals surface area contributed by atoms with Gasteiger partial charge in [0.05, 0.1) is 0 Å². The number of rotatable bonds is 0. The van der Waals surface area contributed by atoms with E-state index in [2.05, 4.69) is 0 Å². The first kappa shape index (κ1) is 9.06. The monoisotopic (exact) mass is 198 g/mol. The van der Waals surface area contributed by atoms with E-state index in [-0.39, 0.29) is 0 Å². The summed E-state index contributed by atoms with van der Waals surface area (Å²) < 4.78 is 25.1. The molecule has 0 unspecified atom stereocenters. The Morgan fingerprint density at radius 3 is 1.20 bits per heavy atom. The van der Waals surface area contributed by atoms with E-state index in [1.807, 2.05) is 0 Å². The van der Waals surface area contributed by atoms with Gasteiger partial charge in [-0.15, -0.1) is 0 Å². The van der Waals surface area contributed by atoms with Crippen molar-refractivity contribution < 1.29 is 11.9 Å². The summed E-state index contributed by atoms with van der Waals surface area (Å²) >= 11 is 0.300. The van der Waals surface area contributed by atoms with Gasteiger partial charge in [0, 0.05) is 0 Å². The fraction of sp³-hybridized carbons (Fsp3) is 0. The minimum atomic E-state index is -1.42. The van der Waals surface area contributed by atoms with Crippen LogP contribution in [0.3, 0.4) is 0 Å². The fourth-order valence-electron chi connectivity index (χ4n) is 0. The van der Waals surface area contributed by atoms with Crippen molar-refractivity contribution in [3.63, 3.8) is 0 Å². The molecule has 0 amide bonds. The molecule has 0 aliphatic carbocycles. The third kappa shape index (κ3) is 139. The van der Waals surface area contributed by atoms with Crippen molar-refractivity contribution >= 4 is 32.3 Å². The average Bonchev–Trinajstić information content (AvgIpc) is 1.46. The summed E-state index contributed by atoms with van der Waals surface area (Å²) in [7, 11) is -1.42. The Morgan fingerprint density at radius 2 is 1.20 bits per heavy atom. The van der Waals surface area contributed by atoms with Crippen molar-refractivity contribution in [3.8, 4) is 0 Å². The molecule has 0 rings (SSSR count). The van der Waals surface area contributed by atoms with Crippen LogP contribution in [0.25, 0.3) is 0 Å². The van der Waals surface area contributed by atoms with Gasteiger partial charge < -0.3 is 0 Å². The van der Waals surface area contributed by atoms with Gasteiger partial charge in [0.15, 0.2) is 0 Å². The molecule has 0 aromatic heterocycles. The third-order valence-electron chi connectivity index (χ3n) is 0. The van der Waals surface area contributed by atoms with Crippen molar-refractivity contribution in [2.24, 2.45) is 0 Å². The second kappa shape index (κ2) is 25.4. The molecule has 0 fully saturated rings. The van der Waals surface area contributed by atoms with Crippen LogP contribution < -0.4 is 0 Å². The summed E-state index contributed by atoms with van der Waals surface area (Å²) in [5.41, 5.74) is 0. The van der Waals surface area contributed by atoms with Gasteiger partial charge in [0.1, 0.15) is 0 Å². The molecule has 0 aliphatic rings. The van der Waals surface area contributed by atoms with Gasteiger partial charge in [-0.1, -0.05) is 0 Å². The third-order valence-corrected chi connectivity index (χ3v) is 0. The molecule has 0 N–H and O–H groups in total. The molecule has 3 nitrogen and oxygen atoms in total. The van der Waals surface area contributed by atoms with E-state index in [0.29, 0.717) is 23.0 Å². The summed E-state index contributed by atoms with van der Waals surface area (Å²) in [6.45, 7) is 0. The Bertz CT molecular complexity index is 36.2. The first-order valence-electron chi connectivity index (χ1n) is 0.612. The van der Waals surface area contributed by atoms with Crippen LogP contribution in [0.15, 0.2) is 0 Å². The van der Waals surface area contributed by atoms with Crippen LogP contribution in [0.1, 0.15) is 0 Å². The topological polar surface area (TPSA) is 51.2 Å². The number of hydrogen-bond acceptors (Lipinski definition) is 3. The van der Waals surface area contributed by atoms with Crippen molar-refractivity contribution in [1.29, 1.82) is 0 Å². The Labute approximate surface area is 44.6 Å². The zero-order valence-corrected chi connectivity index (χ0v) is 6.08. The van der Waals surface area contributed by atoms with Crippen molar-refractivity contribution in [1.82, 2.24) is 0 Å². The Hall–Kier alpha value is 0.435. The normalized spacial score (nSPS) is 2.40. The van der Waals surface area contributed by atoms with E-state index >= 15 is 0 Å². The van der Waals surface area contributed by atoms with Gasteiger partial charge in [-0.3, -0.25) is 8.92 Å². The molecule has 28 valence electrons. The van der Waals surface area contributed by atoms with Crippen LogP contribution in [-0.4, -0.2) is 32.3 Å². The van der Waals surface area contributed by atoms with Crippen molar-refractivity contribution in [2.45, 2.75) is 0 Å². The molecule has 5 heavy (non-hydrogen) atoms. The van der Waals surface area contributed by atoms with Crippen LogP contribution in [-0.2, 0) is 11.9 Å². The zero-order chi connectivity index (χ0) is 4.71. The van der Waals surface area contributed by atoms with E-state index in [1.54, 1.807) is 0 Å². The first-order chi connectivity index (χ1) is 2.41. The molecule has 0 bridgehead atoms. The van der Waals surface area contributed by atoms with Crippen molar-refractivity contribution in [3.05, 3.63) is 0 Å². The average molecular weight is 199 g/mol. The second-order valence-electron chi connectivity index (χ2n) is 0.0833. The molecule has 0 aliphatic heterocycles. The molecule has 5 heteroatoms. The summed E-state index contributed by atoms with van der Waals surface area (Å²) in [6, 6.07) is 0. The quantitative estimate of drug-likeness (QED) is 0.451. The molecule has 0 atom stereocenters. The molecule has 0 heterocycles. The number of hydrogen-bond donors (Lipinski definition) is 0. The van der Waals surface area contributed by atoms with Gasteiger partial charge in [0.25, 0.3) is 0 Å². The fourth-order valence-corrected chi connectivity index (χ4v) is 0. The van der Waals surface area contributed by atoms with E-state index in [9.17, 15) is 0 Å². The summed E-state index contributed by atoms with van der Waals surface area (Å²) in [5, 5.41) is 0. The van der Waals surface area contributed by atoms with E-state index in [4.69, 9.17) is 11.9 Å². The van der Waals surface area contributed by atoms with Crippen LogP contribution in [0, 0.1) is 0 Å². The van der Waals surface area contributed by atoms with E-state index in [1.165, 1.54) is 0 Å². The standard InChI is InChI=1S/O2Si.O.Sb.H/c1-3-2;;;. The summed E-state index contributed by atoms with van der Waals surface area (Å²) in [4.78, 5) is 0. The van der Waals surface area contributed by atoms with Crippen LogP contribution >= 0.6 is 0 Å². The van der Waals surface area contributed by atoms with E-state index < -0.39 is 9.29 Å². The first-order valence-corrected chi connectivity index (χ1v) is 2.59. The van der Waals surface area contributed by atoms with Crippen LogP contribution in [0.5, 0.6) is 0 Å². The molecular formula is HO3SbSi. The molecule has 0 spiro atoms. The molecule has 0 saturated carbocycles. The van der Waals surface area contributed by atoms with Crippen LogP contribution in [0.2, 0.25) is 0 Å². The van der Waals surface area contributed by atoms with Gasteiger partial charge in [-0.25, -0.2) is 0 Å². The SMILES string of the molecule is O=[Si]=O.[O]=[SbH]. The summed E-state index contributed by atoms with van der Waals surface area (Å²) in [5.74, 6) is 0. The molecular weight excluding hydrogens is 198 g/mol. The maximum atomic E-state index is 8.40. The molecule has 0 aromatic carbocycles.